The average molecular weight is 258 g/mol. The van der Waals surface area contributed by atoms with Gasteiger partial charge in [-0.05, 0) is 25.1 Å². The van der Waals surface area contributed by atoms with E-state index >= 15 is 0 Å². The molecule has 4 N–H and O–H groups in total. The number of hydrogen-bond donors (Lipinski definition) is 3. The van der Waals surface area contributed by atoms with Crippen LogP contribution in [0.2, 0.25) is 5.02 Å². The van der Waals surface area contributed by atoms with Gasteiger partial charge in [0.05, 0.1) is 6.61 Å². The Labute approximate surface area is 105 Å². The Bertz CT molecular complexity index is 410. The van der Waals surface area contributed by atoms with Crippen LogP contribution in [-0.4, -0.2) is 35.8 Å². The van der Waals surface area contributed by atoms with E-state index in [-0.39, 0.29) is 12.4 Å². The summed E-state index contributed by atoms with van der Waals surface area (Å²) in [6.45, 7) is 3.12. The fourth-order valence-corrected chi connectivity index (χ4v) is 1.77. The molecule has 0 aliphatic carbocycles. The second kappa shape index (κ2) is 6.32. The van der Waals surface area contributed by atoms with Gasteiger partial charge in [-0.1, -0.05) is 16.8 Å². The maximum atomic E-state index is 9.00. The molecular formula is C11H16ClN3O2. The number of nitrogens with zero attached hydrogens (tertiary/aromatic N) is 2. The van der Waals surface area contributed by atoms with Gasteiger partial charge in [0.2, 0.25) is 0 Å². The quantitative estimate of drug-likeness (QED) is 0.321. The summed E-state index contributed by atoms with van der Waals surface area (Å²) in [6.07, 6.45) is 0. The highest BCUT2D eigenvalue weighted by Crippen LogP contribution is 2.24. The fraction of sp³-hybridized carbons (Fsp3) is 0.364. The zero-order chi connectivity index (χ0) is 12.8. The first-order valence-corrected chi connectivity index (χ1v) is 5.65. The maximum absolute atomic E-state index is 9.00. The first-order chi connectivity index (χ1) is 8.13. The van der Waals surface area contributed by atoms with Crippen LogP contribution in [-0.2, 0) is 0 Å². The lowest BCUT2D eigenvalue weighted by Crippen LogP contribution is -2.29. The first kappa shape index (κ1) is 13.6. The van der Waals surface area contributed by atoms with Gasteiger partial charge in [-0.15, -0.1) is 0 Å². The van der Waals surface area contributed by atoms with E-state index in [2.05, 4.69) is 5.16 Å². The van der Waals surface area contributed by atoms with Crippen molar-refractivity contribution in [1.82, 2.24) is 0 Å². The van der Waals surface area contributed by atoms with Gasteiger partial charge in [0.1, 0.15) is 0 Å². The molecule has 0 saturated heterocycles. The van der Waals surface area contributed by atoms with E-state index in [9.17, 15) is 0 Å². The second-order valence-corrected chi connectivity index (χ2v) is 3.89. The Morgan fingerprint density at radius 2 is 2.24 bits per heavy atom. The number of rotatable bonds is 5. The molecule has 5 nitrogen and oxygen atoms in total. The minimum atomic E-state index is 0.0213. The van der Waals surface area contributed by atoms with Crippen molar-refractivity contribution in [3.8, 4) is 0 Å². The molecular weight excluding hydrogens is 242 g/mol. The molecule has 94 valence electrons. The molecule has 0 unspecified atom stereocenters. The Morgan fingerprint density at radius 1 is 1.53 bits per heavy atom. The highest BCUT2D eigenvalue weighted by Gasteiger charge is 2.13. The summed E-state index contributed by atoms with van der Waals surface area (Å²) >= 11 is 5.93. The van der Waals surface area contributed by atoms with Crippen molar-refractivity contribution in [2.24, 2.45) is 10.9 Å². The first-order valence-electron chi connectivity index (χ1n) is 5.27. The summed E-state index contributed by atoms with van der Waals surface area (Å²) in [5, 5.41) is 21.3. The van der Waals surface area contributed by atoms with Crippen LogP contribution in [0.25, 0.3) is 0 Å². The average Bonchev–Trinajstić information content (AvgIpc) is 2.35. The van der Waals surface area contributed by atoms with Crippen LogP contribution in [0.1, 0.15) is 12.5 Å². The number of benzene rings is 1. The lowest BCUT2D eigenvalue weighted by atomic mass is 10.1. The van der Waals surface area contributed by atoms with Crippen LogP contribution in [0.3, 0.4) is 0 Å². The molecule has 0 aliphatic rings. The summed E-state index contributed by atoms with van der Waals surface area (Å²) in [4.78, 5) is 1.90. The Morgan fingerprint density at radius 3 is 2.76 bits per heavy atom. The number of nitrogens with two attached hydrogens (primary N) is 1. The lowest BCUT2D eigenvalue weighted by Gasteiger charge is -2.24. The highest BCUT2D eigenvalue weighted by atomic mass is 35.5. The van der Waals surface area contributed by atoms with Gasteiger partial charge in [0.25, 0.3) is 0 Å². The van der Waals surface area contributed by atoms with Crippen LogP contribution in [0.4, 0.5) is 5.69 Å². The van der Waals surface area contributed by atoms with Crippen molar-refractivity contribution in [1.29, 1.82) is 0 Å². The van der Waals surface area contributed by atoms with Crippen LogP contribution in [0.15, 0.2) is 23.4 Å². The van der Waals surface area contributed by atoms with E-state index in [1.165, 1.54) is 0 Å². The fourth-order valence-electron chi connectivity index (χ4n) is 1.61. The second-order valence-electron chi connectivity index (χ2n) is 3.45. The largest absolute Gasteiger partial charge is 0.409 e. The van der Waals surface area contributed by atoms with E-state index in [1.54, 1.807) is 18.2 Å². The molecule has 0 fully saturated rings. The molecule has 0 saturated carbocycles. The van der Waals surface area contributed by atoms with Gasteiger partial charge >= 0.3 is 0 Å². The number of halogens is 1. The molecule has 6 heteroatoms. The van der Waals surface area contributed by atoms with Crippen LogP contribution in [0.5, 0.6) is 0 Å². The Hall–Kier alpha value is -1.46. The highest BCUT2D eigenvalue weighted by molar-refractivity contribution is 6.31. The monoisotopic (exact) mass is 257 g/mol. The summed E-state index contributed by atoms with van der Waals surface area (Å²) in [5.74, 6) is 0.0213. The third kappa shape index (κ3) is 3.25. The molecule has 0 amide bonds. The molecule has 0 radical (unpaired) electrons. The Kier molecular flexibility index (Phi) is 5.06. The summed E-state index contributed by atoms with van der Waals surface area (Å²) in [5.41, 5.74) is 6.93. The molecule has 17 heavy (non-hydrogen) atoms. The minimum Gasteiger partial charge on any atom is -0.409 e. The number of likely N-dealkylation sites (N-methyl/N-ethyl adjacent to an activating group) is 1. The van der Waals surface area contributed by atoms with Crippen molar-refractivity contribution in [3.05, 3.63) is 28.8 Å². The standard InChI is InChI=1S/C11H16ClN3O2/c1-2-15(5-6-16)10-7-8(12)3-4-9(10)11(13)14-17/h3-4,7,16-17H,2,5-6H2,1H3,(H2,13,14). The van der Waals surface area contributed by atoms with E-state index in [1.807, 2.05) is 11.8 Å². The van der Waals surface area contributed by atoms with Crippen molar-refractivity contribution in [3.63, 3.8) is 0 Å². The maximum Gasteiger partial charge on any atom is 0.172 e. The molecule has 0 spiro atoms. The van der Waals surface area contributed by atoms with Gasteiger partial charge in [-0.3, -0.25) is 0 Å². The topological polar surface area (TPSA) is 82.1 Å². The lowest BCUT2D eigenvalue weighted by molar-refractivity contribution is 0.302. The zero-order valence-corrected chi connectivity index (χ0v) is 10.4. The van der Waals surface area contributed by atoms with Gasteiger partial charge in [0, 0.05) is 29.4 Å². The predicted molar refractivity (Wildman–Crippen MR) is 68.9 cm³/mol. The van der Waals surface area contributed by atoms with Crippen LogP contribution in [0, 0.1) is 0 Å². The van der Waals surface area contributed by atoms with Gasteiger partial charge in [-0.2, -0.15) is 0 Å². The third-order valence-corrected chi connectivity index (χ3v) is 2.67. The molecule has 0 atom stereocenters. The van der Waals surface area contributed by atoms with Crippen LogP contribution >= 0.6 is 11.6 Å². The smallest absolute Gasteiger partial charge is 0.172 e. The number of aliphatic hydroxyl groups excluding tert-OH is 1. The SMILES string of the molecule is CCN(CCO)c1cc(Cl)ccc1C(N)=NO. The Balaban J connectivity index is 3.22. The van der Waals surface area contributed by atoms with Gasteiger partial charge in [-0.25, -0.2) is 0 Å². The van der Waals surface area contributed by atoms with Crippen molar-refractivity contribution < 1.29 is 10.3 Å². The molecule has 0 heterocycles. The van der Waals surface area contributed by atoms with E-state index in [0.29, 0.717) is 23.7 Å². The predicted octanol–water partition coefficient (Wildman–Crippen LogP) is 1.25. The van der Waals surface area contributed by atoms with E-state index in [0.717, 1.165) is 5.69 Å². The number of amidine groups is 1. The number of aliphatic hydroxyl groups is 1. The van der Waals surface area contributed by atoms with E-state index < -0.39 is 0 Å². The molecule has 1 aromatic carbocycles. The normalized spacial score (nSPS) is 11.6. The molecule has 1 aromatic rings. The minimum absolute atomic E-state index is 0.0213. The van der Waals surface area contributed by atoms with Gasteiger partial charge in [0.15, 0.2) is 5.84 Å². The number of oxime groups is 1. The number of hydrogen-bond acceptors (Lipinski definition) is 4. The van der Waals surface area contributed by atoms with E-state index in [4.69, 9.17) is 27.6 Å². The molecule has 0 aliphatic heterocycles. The summed E-state index contributed by atoms with van der Waals surface area (Å²) in [6, 6.07) is 5.09. The molecule has 1 rings (SSSR count). The van der Waals surface area contributed by atoms with Crippen molar-refractivity contribution in [2.75, 3.05) is 24.6 Å². The van der Waals surface area contributed by atoms with Crippen molar-refractivity contribution in [2.45, 2.75) is 6.92 Å². The summed E-state index contributed by atoms with van der Waals surface area (Å²) < 4.78 is 0. The number of anilines is 1. The summed E-state index contributed by atoms with van der Waals surface area (Å²) in [7, 11) is 0. The third-order valence-electron chi connectivity index (χ3n) is 2.44. The molecule has 0 aromatic heterocycles. The zero-order valence-electron chi connectivity index (χ0n) is 9.60. The van der Waals surface area contributed by atoms with Crippen molar-refractivity contribution >= 4 is 23.1 Å². The molecule has 0 bridgehead atoms. The van der Waals surface area contributed by atoms with Crippen LogP contribution < -0.4 is 10.6 Å². The van der Waals surface area contributed by atoms with Gasteiger partial charge < -0.3 is 20.9 Å².